The van der Waals surface area contributed by atoms with Gasteiger partial charge in [0.2, 0.25) is 0 Å². The van der Waals surface area contributed by atoms with Gasteiger partial charge in [-0.05, 0) is 77.2 Å². The summed E-state index contributed by atoms with van der Waals surface area (Å²) in [5.41, 5.74) is 0.838. The summed E-state index contributed by atoms with van der Waals surface area (Å²) in [5, 5.41) is 0. The number of hydrogen-bond donors (Lipinski definition) is 0. The van der Waals surface area contributed by atoms with E-state index in [0.29, 0.717) is 17.6 Å². The molecule has 0 bridgehead atoms. The zero-order valence-electron chi connectivity index (χ0n) is 15.7. The number of hydrogen-bond acceptors (Lipinski definition) is 3. The van der Waals surface area contributed by atoms with Crippen molar-refractivity contribution in [2.75, 3.05) is 20.6 Å². The van der Waals surface area contributed by atoms with Gasteiger partial charge in [-0.3, -0.25) is 4.79 Å². The van der Waals surface area contributed by atoms with Crippen molar-refractivity contribution < 1.29 is 9.53 Å². The van der Waals surface area contributed by atoms with Gasteiger partial charge in [0, 0.05) is 6.54 Å². The number of rotatable bonds is 4. The molecule has 0 spiro atoms. The molecular weight excluding hydrogens is 322 g/mol. The molecule has 1 saturated carbocycles. The van der Waals surface area contributed by atoms with Crippen LogP contribution in [0.15, 0.2) is 24.3 Å². The average molecular weight is 354 g/mol. The summed E-state index contributed by atoms with van der Waals surface area (Å²) in [5.74, 6) is 1.76. The van der Waals surface area contributed by atoms with Gasteiger partial charge in [0.15, 0.2) is 0 Å². The van der Waals surface area contributed by atoms with Gasteiger partial charge in [0.25, 0.3) is 0 Å². The molecule has 2 atom stereocenters. The molecule has 0 heterocycles. The number of ether oxygens (including phenoxy) is 1. The highest BCUT2D eigenvalue weighted by Crippen LogP contribution is 2.39. The molecule has 0 radical (unpaired) electrons. The van der Waals surface area contributed by atoms with Gasteiger partial charge >= 0.3 is 5.97 Å². The Morgan fingerprint density at radius 2 is 1.88 bits per heavy atom. The number of esters is 1. The number of nitrogens with zero attached hydrogens (tertiary/aromatic N) is 1. The molecule has 1 aliphatic carbocycles. The molecule has 0 saturated heterocycles. The summed E-state index contributed by atoms with van der Waals surface area (Å²) in [4.78, 5) is 14.4. The first-order valence-corrected chi connectivity index (χ1v) is 8.74. The summed E-state index contributed by atoms with van der Waals surface area (Å²) in [7, 11) is 4.29. The van der Waals surface area contributed by atoms with Crippen molar-refractivity contribution in [3.63, 3.8) is 0 Å². The van der Waals surface area contributed by atoms with E-state index in [-0.39, 0.29) is 18.4 Å². The van der Waals surface area contributed by atoms with Crippen LogP contribution in [0.4, 0.5) is 0 Å². The lowest BCUT2D eigenvalue weighted by Gasteiger charge is -2.34. The molecule has 2 rings (SSSR count). The maximum absolute atomic E-state index is 12.1. The Balaban J connectivity index is 0.00000288. The van der Waals surface area contributed by atoms with Gasteiger partial charge < -0.3 is 9.64 Å². The first-order valence-electron chi connectivity index (χ1n) is 8.74. The largest absolute Gasteiger partial charge is 0.426 e. The highest BCUT2D eigenvalue weighted by molar-refractivity contribution is 5.85. The maximum Gasteiger partial charge on any atom is 0.316 e. The first-order chi connectivity index (χ1) is 10.8. The van der Waals surface area contributed by atoms with E-state index in [4.69, 9.17) is 4.74 Å². The molecule has 1 aromatic carbocycles. The van der Waals surface area contributed by atoms with Gasteiger partial charge in [-0.25, -0.2) is 0 Å². The molecule has 0 N–H and O–H groups in total. The minimum absolute atomic E-state index is 0. The highest BCUT2D eigenvalue weighted by atomic mass is 35.5. The van der Waals surface area contributed by atoms with Crippen LogP contribution >= 0.6 is 12.4 Å². The van der Waals surface area contributed by atoms with Crippen LogP contribution in [-0.4, -0.2) is 31.5 Å². The first kappa shape index (κ1) is 21.0. The fourth-order valence-corrected chi connectivity index (χ4v) is 3.40. The number of carbonyl (C=O) groups is 1. The van der Waals surface area contributed by atoms with Crippen molar-refractivity contribution in [1.29, 1.82) is 0 Å². The van der Waals surface area contributed by atoms with Gasteiger partial charge in [0.05, 0.1) is 5.41 Å². The maximum atomic E-state index is 12.1. The van der Waals surface area contributed by atoms with E-state index in [1.54, 1.807) is 0 Å². The van der Waals surface area contributed by atoms with E-state index in [0.717, 1.165) is 6.54 Å². The minimum atomic E-state index is -0.478. The SMILES string of the molecule is CN(C)C[C@@H]1CCCC[C@@H]1c1cccc(OC(=O)C(C)(C)C)c1.Cl. The zero-order valence-corrected chi connectivity index (χ0v) is 16.5. The molecule has 0 aliphatic heterocycles. The smallest absolute Gasteiger partial charge is 0.316 e. The lowest BCUT2D eigenvalue weighted by atomic mass is 9.75. The second kappa shape index (κ2) is 8.87. The second-order valence-corrected chi connectivity index (χ2v) is 8.13. The third-order valence-electron chi connectivity index (χ3n) is 4.62. The highest BCUT2D eigenvalue weighted by Gasteiger charge is 2.28. The number of carbonyl (C=O) groups excluding carboxylic acids is 1. The van der Waals surface area contributed by atoms with Crippen LogP contribution in [0.25, 0.3) is 0 Å². The van der Waals surface area contributed by atoms with Crippen LogP contribution in [0.2, 0.25) is 0 Å². The fourth-order valence-electron chi connectivity index (χ4n) is 3.40. The number of benzene rings is 1. The standard InChI is InChI=1S/C20H31NO2.ClH/c1-20(2,3)19(22)23-17-11-8-10-15(13-17)18-12-7-6-9-16(18)14-21(4)5;/h8,10-11,13,16,18H,6-7,9,12,14H2,1-5H3;1H/t16-,18+;/m0./s1. The van der Waals surface area contributed by atoms with Crippen LogP contribution in [-0.2, 0) is 4.79 Å². The molecule has 0 amide bonds. The van der Waals surface area contributed by atoms with Gasteiger partial charge in [-0.15, -0.1) is 12.4 Å². The molecule has 0 aromatic heterocycles. The summed E-state index contributed by atoms with van der Waals surface area (Å²) in [6, 6.07) is 8.16. The lowest BCUT2D eigenvalue weighted by molar-refractivity contribution is -0.143. The molecular formula is C20H32ClNO2. The summed E-state index contributed by atoms with van der Waals surface area (Å²) < 4.78 is 5.58. The van der Waals surface area contributed by atoms with Crippen LogP contribution in [0, 0.1) is 11.3 Å². The van der Waals surface area contributed by atoms with Crippen LogP contribution in [0.5, 0.6) is 5.75 Å². The van der Waals surface area contributed by atoms with Crippen LogP contribution in [0.3, 0.4) is 0 Å². The van der Waals surface area contributed by atoms with Crippen molar-refractivity contribution in [2.45, 2.75) is 52.4 Å². The monoisotopic (exact) mass is 353 g/mol. The topological polar surface area (TPSA) is 29.5 Å². The Labute approximate surface area is 153 Å². The van der Waals surface area contributed by atoms with E-state index < -0.39 is 5.41 Å². The average Bonchev–Trinajstić information content (AvgIpc) is 2.46. The summed E-state index contributed by atoms with van der Waals surface area (Å²) in [6.07, 6.45) is 5.14. The number of halogens is 1. The molecule has 0 unspecified atom stereocenters. The van der Waals surface area contributed by atoms with E-state index >= 15 is 0 Å². The molecule has 3 nitrogen and oxygen atoms in total. The quantitative estimate of drug-likeness (QED) is 0.569. The van der Waals surface area contributed by atoms with Crippen molar-refractivity contribution in [2.24, 2.45) is 11.3 Å². The summed E-state index contributed by atoms with van der Waals surface area (Å²) in [6.45, 7) is 6.77. The Kier molecular flexibility index (Phi) is 7.75. The van der Waals surface area contributed by atoms with Crippen molar-refractivity contribution >= 4 is 18.4 Å². The van der Waals surface area contributed by atoms with E-state index in [1.165, 1.54) is 31.2 Å². The molecule has 4 heteroatoms. The van der Waals surface area contributed by atoms with Crippen LogP contribution in [0.1, 0.15) is 57.9 Å². The Morgan fingerprint density at radius 1 is 1.21 bits per heavy atom. The van der Waals surface area contributed by atoms with Crippen LogP contribution < -0.4 is 4.74 Å². The van der Waals surface area contributed by atoms with Crippen molar-refractivity contribution in [1.82, 2.24) is 4.90 Å². The Bertz CT molecular complexity index is 537. The zero-order chi connectivity index (χ0) is 17.0. The molecule has 24 heavy (non-hydrogen) atoms. The molecule has 1 aliphatic rings. The molecule has 1 fully saturated rings. The normalized spacial score (nSPS) is 21.2. The van der Waals surface area contributed by atoms with Gasteiger partial charge in [0.1, 0.15) is 5.75 Å². The predicted octanol–water partition coefficient (Wildman–Crippen LogP) is 4.90. The summed E-state index contributed by atoms with van der Waals surface area (Å²) >= 11 is 0. The minimum Gasteiger partial charge on any atom is -0.426 e. The van der Waals surface area contributed by atoms with Gasteiger partial charge in [-0.1, -0.05) is 25.0 Å². The second-order valence-electron chi connectivity index (χ2n) is 8.13. The molecule has 136 valence electrons. The van der Waals surface area contributed by atoms with Crippen molar-refractivity contribution in [3.8, 4) is 5.75 Å². The Hall–Kier alpha value is -1.06. The van der Waals surface area contributed by atoms with E-state index in [2.05, 4.69) is 31.1 Å². The fraction of sp³-hybridized carbons (Fsp3) is 0.650. The Morgan fingerprint density at radius 3 is 2.50 bits per heavy atom. The third-order valence-corrected chi connectivity index (χ3v) is 4.62. The third kappa shape index (κ3) is 5.78. The lowest BCUT2D eigenvalue weighted by Crippen LogP contribution is -2.29. The molecule has 1 aromatic rings. The van der Waals surface area contributed by atoms with Crippen molar-refractivity contribution in [3.05, 3.63) is 29.8 Å². The van der Waals surface area contributed by atoms with Gasteiger partial charge in [-0.2, -0.15) is 0 Å². The van der Waals surface area contributed by atoms with E-state index in [9.17, 15) is 4.79 Å². The predicted molar refractivity (Wildman–Crippen MR) is 102 cm³/mol. The van der Waals surface area contributed by atoms with E-state index in [1.807, 2.05) is 32.9 Å².